The van der Waals surface area contributed by atoms with E-state index in [1.807, 2.05) is 35.6 Å². The first-order chi connectivity index (χ1) is 13.3. The molecular formula is C22H21N3O2. The van der Waals surface area contributed by atoms with Gasteiger partial charge in [-0.2, -0.15) is 0 Å². The molecule has 0 radical (unpaired) electrons. The summed E-state index contributed by atoms with van der Waals surface area (Å²) >= 11 is 0. The predicted molar refractivity (Wildman–Crippen MR) is 105 cm³/mol. The van der Waals surface area contributed by atoms with Crippen molar-refractivity contribution in [2.75, 3.05) is 24.7 Å². The van der Waals surface area contributed by atoms with Crippen LogP contribution in [0.3, 0.4) is 0 Å². The quantitative estimate of drug-likeness (QED) is 0.717. The van der Waals surface area contributed by atoms with Crippen molar-refractivity contribution < 1.29 is 9.53 Å². The molecule has 0 N–H and O–H groups in total. The number of fused-ring (bicyclic) bond motifs is 2. The van der Waals surface area contributed by atoms with Gasteiger partial charge >= 0.3 is 0 Å². The molecule has 0 spiro atoms. The van der Waals surface area contributed by atoms with Crippen LogP contribution in [0, 0.1) is 5.92 Å². The molecule has 0 bridgehead atoms. The highest BCUT2D eigenvalue weighted by Gasteiger charge is 2.31. The van der Waals surface area contributed by atoms with Gasteiger partial charge in [-0.3, -0.25) is 14.8 Å². The second-order valence-electron chi connectivity index (χ2n) is 7.33. The van der Waals surface area contributed by atoms with Gasteiger partial charge in [-0.05, 0) is 30.2 Å². The van der Waals surface area contributed by atoms with E-state index in [0.29, 0.717) is 12.3 Å². The zero-order valence-corrected chi connectivity index (χ0v) is 15.1. The number of ether oxygens (including phenoxy) is 1. The Morgan fingerprint density at radius 2 is 1.96 bits per heavy atom. The molecular weight excluding hydrogens is 338 g/mol. The van der Waals surface area contributed by atoms with Crippen molar-refractivity contribution >= 4 is 22.4 Å². The van der Waals surface area contributed by atoms with Crippen LogP contribution in [0.15, 0.2) is 48.9 Å². The molecule has 2 aliphatic rings. The molecule has 136 valence electrons. The third kappa shape index (κ3) is 2.98. The van der Waals surface area contributed by atoms with Crippen LogP contribution in [-0.4, -0.2) is 35.6 Å². The monoisotopic (exact) mass is 359 g/mol. The lowest BCUT2D eigenvalue weighted by molar-refractivity contribution is -0.117. The molecule has 27 heavy (non-hydrogen) atoms. The smallest absolute Gasteiger partial charge is 0.233 e. The number of amides is 1. The summed E-state index contributed by atoms with van der Waals surface area (Å²) < 4.78 is 5.46. The van der Waals surface area contributed by atoms with E-state index in [2.05, 4.69) is 28.2 Å². The summed E-state index contributed by atoms with van der Waals surface area (Å²) in [4.78, 5) is 23.5. The zero-order chi connectivity index (χ0) is 18.2. The molecule has 5 rings (SSSR count). The van der Waals surface area contributed by atoms with Gasteiger partial charge in [0.1, 0.15) is 0 Å². The Hall–Kier alpha value is -2.79. The number of carbonyl (C=O) groups is 1. The molecule has 3 aromatic rings. The normalized spacial score (nSPS) is 17.5. The van der Waals surface area contributed by atoms with Gasteiger partial charge in [0.2, 0.25) is 5.91 Å². The summed E-state index contributed by atoms with van der Waals surface area (Å²) in [5.41, 5.74) is 3.89. The largest absolute Gasteiger partial charge is 0.381 e. The highest BCUT2D eigenvalue weighted by molar-refractivity contribution is 6.02. The number of hydrogen-bond donors (Lipinski definition) is 0. The lowest BCUT2D eigenvalue weighted by atomic mass is 9.99. The Bertz CT molecular complexity index is 1010. The molecule has 0 aliphatic carbocycles. The van der Waals surface area contributed by atoms with Crippen molar-refractivity contribution in [3.8, 4) is 11.1 Å². The molecule has 0 atom stereocenters. The lowest BCUT2D eigenvalue weighted by Gasteiger charge is -2.27. The van der Waals surface area contributed by atoms with Crippen LogP contribution >= 0.6 is 0 Å². The van der Waals surface area contributed by atoms with Gasteiger partial charge in [0, 0.05) is 54.9 Å². The Balaban J connectivity index is 1.53. The molecule has 1 saturated heterocycles. The number of rotatable bonds is 3. The summed E-state index contributed by atoms with van der Waals surface area (Å²) in [7, 11) is 0. The van der Waals surface area contributed by atoms with E-state index in [1.54, 1.807) is 0 Å². The number of pyridine rings is 2. The first-order valence-corrected chi connectivity index (χ1v) is 9.50. The molecule has 1 amide bonds. The fourth-order valence-electron chi connectivity index (χ4n) is 4.11. The van der Waals surface area contributed by atoms with Crippen molar-refractivity contribution in [1.82, 2.24) is 9.97 Å². The van der Waals surface area contributed by atoms with Crippen molar-refractivity contribution in [2.45, 2.75) is 19.3 Å². The van der Waals surface area contributed by atoms with Gasteiger partial charge in [0.25, 0.3) is 0 Å². The fraction of sp³-hybridized carbons (Fsp3) is 0.318. The number of benzene rings is 1. The van der Waals surface area contributed by atoms with Crippen LogP contribution in [0.4, 0.5) is 5.69 Å². The molecule has 5 heteroatoms. The molecule has 1 aromatic carbocycles. The van der Waals surface area contributed by atoms with Gasteiger partial charge in [-0.25, -0.2) is 0 Å². The molecule has 0 unspecified atom stereocenters. The van der Waals surface area contributed by atoms with Crippen LogP contribution in [0.25, 0.3) is 21.9 Å². The van der Waals surface area contributed by atoms with Gasteiger partial charge in [0.05, 0.1) is 17.8 Å². The van der Waals surface area contributed by atoms with Crippen LogP contribution in [0.1, 0.15) is 18.5 Å². The van der Waals surface area contributed by atoms with Gasteiger partial charge in [-0.1, -0.05) is 24.3 Å². The minimum Gasteiger partial charge on any atom is -0.381 e. The van der Waals surface area contributed by atoms with E-state index < -0.39 is 0 Å². The van der Waals surface area contributed by atoms with Crippen LogP contribution < -0.4 is 4.90 Å². The molecule has 4 heterocycles. The topological polar surface area (TPSA) is 55.3 Å². The Morgan fingerprint density at radius 3 is 2.85 bits per heavy atom. The van der Waals surface area contributed by atoms with Crippen LogP contribution in [0.2, 0.25) is 0 Å². The van der Waals surface area contributed by atoms with Gasteiger partial charge < -0.3 is 9.64 Å². The number of hydrogen-bond acceptors (Lipinski definition) is 4. The summed E-state index contributed by atoms with van der Waals surface area (Å²) in [5, 5.41) is 2.25. The van der Waals surface area contributed by atoms with Crippen molar-refractivity contribution in [3.05, 3.63) is 54.6 Å². The van der Waals surface area contributed by atoms with Crippen molar-refractivity contribution in [1.29, 1.82) is 0 Å². The highest BCUT2D eigenvalue weighted by Crippen LogP contribution is 2.35. The third-order valence-electron chi connectivity index (χ3n) is 5.62. The van der Waals surface area contributed by atoms with Crippen LogP contribution in [0.5, 0.6) is 0 Å². The van der Waals surface area contributed by atoms with E-state index in [4.69, 9.17) is 4.74 Å². The highest BCUT2D eigenvalue weighted by atomic mass is 16.5. The second-order valence-corrected chi connectivity index (χ2v) is 7.33. The Kier molecular flexibility index (Phi) is 4.09. The lowest BCUT2D eigenvalue weighted by Crippen LogP contribution is -2.34. The first kappa shape index (κ1) is 16.4. The van der Waals surface area contributed by atoms with Crippen molar-refractivity contribution in [3.63, 3.8) is 0 Å². The summed E-state index contributed by atoms with van der Waals surface area (Å²) in [6.45, 7) is 2.34. The molecule has 2 aromatic heterocycles. The number of aromatic nitrogens is 2. The summed E-state index contributed by atoms with van der Waals surface area (Å²) in [5.74, 6) is 0.647. The zero-order valence-electron chi connectivity index (χ0n) is 15.1. The minimum atomic E-state index is 0.150. The second kappa shape index (κ2) is 6.74. The molecule has 1 fully saturated rings. The van der Waals surface area contributed by atoms with E-state index in [-0.39, 0.29) is 5.91 Å². The summed E-state index contributed by atoms with van der Waals surface area (Å²) in [6.07, 6.45) is 8.05. The minimum absolute atomic E-state index is 0.150. The average molecular weight is 359 g/mol. The van der Waals surface area contributed by atoms with Crippen LogP contribution in [-0.2, 0) is 16.0 Å². The van der Waals surface area contributed by atoms with Gasteiger partial charge in [0.15, 0.2) is 0 Å². The first-order valence-electron chi connectivity index (χ1n) is 9.50. The number of nitrogens with zero attached hydrogens (tertiary/aromatic N) is 3. The maximum atomic E-state index is 12.6. The third-order valence-corrected chi connectivity index (χ3v) is 5.62. The van der Waals surface area contributed by atoms with E-state index >= 15 is 0 Å². The molecule has 0 saturated carbocycles. The van der Waals surface area contributed by atoms with Gasteiger partial charge in [-0.15, -0.1) is 0 Å². The Morgan fingerprint density at radius 1 is 1.11 bits per heavy atom. The standard InChI is InChI=1S/C22H21N3O2/c26-22-10-20-21(25(22)14-15-5-7-27-8-6-15)9-17(12-24-20)19-13-23-11-16-3-1-2-4-18(16)19/h1-4,9,11-13,15H,5-8,10,14H2. The van der Waals surface area contributed by atoms with E-state index in [9.17, 15) is 4.79 Å². The number of anilines is 1. The number of carbonyl (C=O) groups excluding carboxylic acids is 1. The van der Waals surface area contributed by atoms with E-state index in [1.165, 1.54) is 0 Å². The molecule has 2 aliphatic heterocycles. The van der Waals surface area contributed by atoms with E-state index in [0.717, 1.165) is 65.9 Å². The summed E-state index contributed by atoms with van der Waals surface area (Å²) in [6, 6.07) is 10.3. The fourth-order valence-corrected chi connectivity index (χ4v) is 4.11. The SMILES string of the molecule is O=C1Cc2ncc(-c3cncc4ccccc34)cc2N1CC1CCOCC1. The maximum Gasteiger partial charge on any atom is 0.233 e. The molecule has 5 nitrogen and oxygen atoms in total. The average Bonchev–Trinajstić information content (AvgIpc) is 3.03. The Labute approximate surface area is 158 Å². The van der Waals surface area contributed by atoms with Crippen molar-refractivity contribution in [2.24, 2.45) is 5.92 Å². The predicted octanol–water partition coefficient (Wildman–Crippen LogP) is 3.61. The maximum absolute atomic E-state index is 12.6.